The summed E-state index contributed by atoms with van der Waals surface area (Å²) >= 11 is 0. The van der Waals surface area contributed by atoms with Gasteiger partial charge >= 0.3 is 8.60 Å². The zero-order valence-corrected chi connectivity index (χ0v) is 22.1. The van der Waals surface area contributed by atoms with Crippen molar-refractivity contribution in [2.75, 3.05) is 13.2 Å². The van der Waals surface area contributed by atoms with Crippen LogP contribution in [0, 0.1) is 0 Å². The van der Waals surface area contributed by atoms with E-state index < -0.39 is 8.60 Å². The Morgan fingerprint density at radius 3 is 0.806 bits per heavy atom. The Kier molecular flexibility index (Phi) is 35.0. The second-order valence-corrected chi connectivity index (χ2v) is 9.49. The van der Waals surface area contributed by atoms with Gasteiger partial charge in [-0.1, -0.05) is 142 Å². The number of ether oxygens (including phenoxy) is 1. The van der Waals surface area contributed by atoms with E-state index in [-0.39, 0.29) is 0 Å². The van der Waals surface area contributed by atoms with E-state index in [4.69, 9.17) is 19.4 Å². The van der Waals surface area contributed by atoms with Gasteiger partial charge in [-0.2, -0.15) is 0 Å². The Hall–Kier alpha value is 0.270. The number of unbranched alkanes of at least 4 members (excludes halogenated alkanes) is 20. The van der Waals surface area contributed by atoms with Crippen LogP contribution in [-0.4, -0.2) is 27.9 Å². The number of hydrogen-bond donors (Lipinski definition) is 3. The molecule has 190 valence electrons. The molecule has 5 heteroatoms. The standard InChI is InChI=1S/C26H54O.H3O3P/c1-3-5-7-9-11-13-15-17-19-21-23-25-27-26-24-22-20-18-16-14-12-10-8-6-4-2;1-4(2)3/h3-26H2,1-2H3;1-3H. The minimum absolute atomic E-state index is 0.995. The average Bonchev–Trinajstić information content (AvgIpc) is 2.74. The molecule has 0 saturated heterocycles. The van der Waals surface area contributed by atoms with Crippen molar-refractivity contribution in [2.24, 2.45) is 0 Å². The third-order valence-electron chi connectivity index (χ3n) is 5.78. The molecule has 3 N–H and O–H groups in total. The average molecular weight is 465 g/mol. The first-order valence-corrected chi connectivity index (χ1v) is 14.8. The highest BCUT2D eigenvalue weighted by molar-refractivity contribution is 7.38. The molecule has 0 aromatic heterocycles. The summed E-state index contributed by atoms with van der Waals surface area (Å²) in [6.07, 6.45) is 31.1. The predicted octanol–water partition coefficient (Wildman–Crippen LogP) is 8.82. The molecule has 0 heterocycles. The highest BCUT2D eigenvalue weighted by Gasteiger charge is 1.95. The van der Waals surface area contributed by atoms with Crippen molar-refractivity contribution in [3.05, 3.63) is 0 Å². The van der Waals surface area contributed by atoms with E-state index in [9.17, 15) is 0 Å². The lowest BCUT2D eigenvalue weighted by atomic mass is 10.1. The van der Waals surface area contributed by atoms with Crippen molar-refractivity contribution in [1.82, 2.24) is 0 Å². The fourth-order valence-corrected chi connectivity index (χ4v) is 3.84. The van der Waals surface area contributed by atoms with Gasteiger partial charge in [0.1, 0.15) is 0 Å². The van der Waals surface area contributed by atoms with E-state index in [1.54, 1.807) is 0 Å². The summed E-state index contributed by atoms with van der Waals surface area (Å²) in [7, 11) is -2.62. The van der Waals surface area contributed by atoms with E-state index in [0.29, 0.717) is 0 Å². The molecule has 0 atom stereocenters. The van der Waals surface area contributed by atoms with E-state index in [1.165, 1.54) is 141 Å². The Balaban J connectivity index is 0. The molecule has 0 aliphatic carbocycles. The highest BCUT2D eigenvalue weighted by Crippen LogP contribution is 2.13. The molecule has 0 unspecified atom stereocenters. The van der Waals surface area contributed by atoms with Crippen LogP contribution in [0.25, 0.3) is 0 Å². The minimum Gasteiger partial charge on any atom is -0.381 e. The zero-order chi connectivity index (χ0) is 23.3. The SMILES string of the molecule is CCCCCCCCCCCCCOCCCCCCCCCCCCC.OP(O)O. The van der Waals surface area contributed by atoms with Crippen LogP contribution >= 0.6 is 8.60 Å². The summed E-state index contributed by atoms with van der Waals surface area (Å²) in [4.78, 5) is 21.7. The van der Waals surface area contributed by atoms with Crippen molar-refractivity contribution in [3.8, 4) is 0 Å². The first kappa shape index (κ1) is 33.4. The molecule has 0 aliphatic heterocycles. The quantitative estimate of drug-likeness (QED) is 0.0985. The fraction of sp³-hybridized carbons (Fsp3) is 1.00. The lowest BCUT2D eigenvalue weighted by Crippen LogP contribution is -1.97. The van der Waals surface area contributed by atoms with Crippen LogP contribution in [0.3, 0.4) is 0 Å². The molecule has 0 saturated carbocycles. The maximum Gasteiger partial charge on any atom is 0.324 e. The smallest absolute Gasteiger partial charge is 0.324 e. The van der Waals surface area contributed by atoms with Gasteiger partial charge in [-0.05, 0) is 12.8 Å². The van der Waals surface area contributed by atoms with Crippen molar-refractivity contribution in [1.29, 1.82) is 0 Å². The number of rotatable bonds is 24. The van der Waals surface area contributed by atoms with Gasteiger partial charge in [0.05, 0.1) is 0 Å². The summed E-state index contributed by atoms with van der Waals surface area (Å²) in [6, 6.07) is 0. The molecule has 0 bridgehead atoms. The van der Waals surface area contributed by atoms with Crippen LogP contribution in [0.15, 0.2) is 0 Å². The van der Waals surface area contributed by atoms with E-state index in [2.05, 4.69) is 13.8 Å². The Morgan fingerprint density at radius 2 is 0.581 bits per heavy atom. The van der Waals surface area contributed by atoms with Crippen LogP contribution in [0.4, 0.5) is 0 Å². The summed E-state index contributed by atoms with van der Waals surface area (Å²) in [5, 5.41) is 0. The van der Waals surface area contributed by atoms with Crippen molar-refractivity contribution in [3.63, 3.8) is 0 Å². The van der Waals surface area contributed by atoms with Gasteiger partial charge in [0.15, 0.2) is 0 Å². The van der Waals surface area contributed by atoms with Crippen molar-refractivity contribution >= 4 is 8.60 Å². The van der Waals surface area contributed by atoms with Crippen LogP contribution in [0.2, 0.25) is 0 Å². The molecular weight excluding hydrogens is 407 g/mol. The summed E-state index contributed by atoms with van der Waals surface area (Å²) in [6.45, 7) is 6.58. The van der Waals surface area contributed by atoms with Gasteiger partial charge in [0.2, 0.25) is 0 Å². The first-order valence-electron chi connectivity index (χ1n) is 13.6. The van der Waals surface area contributed by atoms with Crippen LogP contribution in [-0.2, 0) is 4.74 Å². The third kappa shape index (κ3) is 41.1. The lowest BCUT2D eigenvalue weighted by molar-refractivity contribution is 0.125. The largest absolute Gasteiger partial charge is 0.381 e. The van der Waals surface area contributed by atoms with E-state index in [0.717, 1.165) is 13.2 Å². The van der Waals surface area contributed by atoms with Crippen molar-refractivity contribution in [2.45, 2.75) is 155 Å². The fourth-order valence-electron chi connectivity index (χ4n) is 3.84. The summed E-state index contributed by atoms with van der Waals surface area (Å²) < 4.78 is 5.80. The second kappa shape index (κ2) is 32.4. The molecule has 0 aromatic rings. The van der Waals surface area contributed by atoms with Crippen LogP contribution in [0.1, 0.15) is 155 Å². The Morgan fingerprint density at radius 1 is 0.387 bits per heavy atom. The highest BCUT2D eigenvalue weighted by atomic mass is 31.2. The van der Waals surface area contributed by atoms with Crippen molar-refractivity contribution < 1.29 is 19.4 Å². The predicted molar refractivity (Wildman–Crippen MR) is 137 cm³/mol. The molecule has 0 aliphatic rings. The van der Waals surface area contributed by atoms with Gasteiger partial charge in [0, 0.05) is 13.2 Å². The summed E-state index contributed by atoms with van der Waals surface area (Å²) in [5.74, 6) is 0. The molecule has 0 radical (unpaired) electrons. The van der Waals surface area contributed by atoms with E-state index in [1.807, 2.05) is 0 Å². The second-order valence-electron chi connectivity index (χ2n) is 8.95. The van der Waals surface area contributed by atoms with Gasteiger partial charge in [-0.25, -0.2) is 0 Å². The molecule has 4 nitrogen and oxygen atoms in total. The topological polar surface area (TPSA) is 69.9 Å². The molecule has 0 fully saturated rings. The van der Waals surface area contributed by atoms with Gasteiger partial charge in [-0.3, -0.25) is 0 Å². The van der Waals surface area contributed by atoms with Gasteiger partial charge in [-0.15, -0.1) is 0 Å². The summed E-state index contributed by atoms with van der Waals surface area (Å²) in [5.41, 5.74) is 0. The Labute approximate surface area is 196 Å². The molecule has 0 rings (SSSR count). The normalized spacial score (nSPS) is 11.0. The lowest BCUT2D eigenvalue weighted by Gasteiger charge is -2.05. The maximum absolute atomic E-state index is 7.23. The molecule has 0 spiro atoms. The van der Waals surface area contributed by atoms with E-state index >= 15 is 0 Å². The third-order valence-corrected chi connectivity index (χ3v) is 5.78. The monoisotopic (exact) mass is 464 g/mol. The van der Waals surface area contributed by atoms with Gasteiger partial charge in [0.25, 0.3) is 0 Å². The first-order chi connectivity index (χ1) is 15.1. The van der Waals surface area contributed by atoms with Gasteiger partial charge < -0.3 is 19.4 Å². The van der Waals surface area contributed by atoms with Crippen LogP contribution < -0.4 is 0 Å². The molecule has 0 aromatic carbocycles. The minimum atomic E-state index is -2.62. The zero-order valence-electron chi connectivity index (χ0n) is 21.2. The molecule has 0 amide bonds. The number of hydrogen-bond acceptors (Lipinski definition) is 4. The molecular formula is C26H57O4P. The Bertz CT molecular complexity index is 264. The molecule has 31 heavy (non-hydrogen) atoms. The van der Waals surface area contributed by atoms with Crippen LogP contribution in [0.5, 0.6) is 0 Å². The maximum atomic E-state index is 7.23.